The van der Waals surface area contributed by atoms with Gasteiger partial charge in [0, 0.05) is 25.0 Å². The summed E-state index contributed by atoms with van der Waals surface area (Å²) in [6, 6.07) is 10.0. The van der Waals surface area contributed by atoms with E-state index in [0.717, 1.165) is 11.1 Å². The lowest BCUT2D eigenvalue weighted by molar-refractivity contribution is 0.764. The van der Waals surface area contributed by atoms with Crippen molar-refractivity contribution >= 4 is 0 Å². The van der Waals surface area contributed by atoms with Gasteiger partial charge < -0.3 is 4.57 Å². The Kier molecular flexibility index (Phi) is 2.14. The number of nitrogens with one attached hydrogen (secondary N) is 1. The van der Waals surface area contributed by atoms with Crippen molar-refractivity contribution in [2.75, 3.05) is 0 Å². The molecule has 0 atom stereocenters. The highest BCUT2D eigenvalue weighted by molar-refractivity contribution is 5.60. The molecular formula is C11H11N3. The molecule has 0 radical (unpaired) electrons. The number of benzene rings is 1. The molecule has 1 aromatic carbocycles. The van der Waals surface area contributed by atoms with Crippen molar-refractivity contribution in [1.29, 1.82) is 5.41 Å². The van der Waals surface area contributed by atoms with Gasteiger partial charge in [-0.3, -0.25) is 5.41 Å². The number of hydrogen-bond acceptors (Lipinski definition) is 2. The van der Waals surface area contributed by atoms with Crippen LogP contribution in [-0.2, 0) is 7.05 Å². The Bertz CT molecular complexity index is 485. The summed E-state index contributed by atoms with van der Waals surface area (Å²) in [6.07, 6.45) is 3.63. The van der Waals surface area contributed by atoms with Crippen LogP contribution in [0.1, 0.15) is 0 Å². The molecule has 0 amide bonds. The lowest BCUT2D eigenvalue weighted by Gasteiger charge is -2.03. The summed E-state index contributed by atoms with van der Waals surface area (Å²) >= 11 is 0. The Balaban J connectivity index is 2.54. The van der Waals surface area contributed by atoms with Crippen LogP contribution in [0.25, 0.3) is 11.1 Å². The summed E-state index contributed by atoms with van der Waals surface area (Å²) in [4.78, 5) is 3.98. The zero-order valence-corrected chi connectivity index (χ0v) is 7.94. The van der Waals surface area contributed by atoms with Gasteiger partial charge in [-0.15, -0.1) is 0 Å². The second-order valence-electron chi connectivity index (χ2n) is 3.14. The highest BCUT2D eigenvalue weighted by atomic mass is 15.0. The summed E-state index contributed by atoms with van der Waals surface area (Å²) in [5.41, 5.74) is 2.42. The molecule has 0 fully saturated rings. The average molecular weight is 185 g/mol. The first-order chi connectivity index (χ1) is 6.77. The monoisotopic (exact) mass is 185 g/mol. The van der Waals surface area contributed by atoms with E-state index in [4.69, 9.17) is 5.41 Å². The van der Waals surface area contributed by atoms with Crippen LogP contribution in [0.15, 0.2) is 42.7 Å². The lowest BCUT2D eigenvalue weighted by Crippen LogP contribution is -2.18. The smallest absolute Gasteiger partial charge is 0.221 e. The van der Waals surface area contributed by atoms with Gasteiger partial charge in [0.1, 0.15) is 0 Å². The van der Waals surface area contributed by atoms with Gasteiger partial charge in [0.25, 0.3) is 0 Å². The first-order valence-electron chi connectivity index (χ1n) is 4.40. The summed E-state index contributed by atoms with van der Waals surface area (Å²) in [5, 5.41) is 7.43. The summed E-state index contributed by atoms with van der Waals surface area (Å²) in [5.74, 6) is 0. The second-order valence-corrected chi connectivity index (χ2v) is 3.14. The van der Waals surface area contributed by atoms with Crippen molar-refractivity contribution in [2.24, 2.45) is 7.05 Å². The minimum atomic E-state index is 0.268. The molecule has 1 N–H and O–H groups in total. The van der Waals surface area contributed by atoms with Gasteiger partial charge in [-0.1, -0.05) is 30.3 Å². The van der Waals surface area contributed by atoms with Gasteiger partial charge in [0.05, 0.1) is 0 Å². The van der Waals surface area contributed by atoms with Crippen LogP contribution >= 0.6 is 0 Å². The molecular weight excluding hydrogens is 174 g/mol. The summed E-state index contributed by atoms with van der Waals surface area (Å²) in [7, 11) is 1.82. The molecule has 0 bridgehead atoms. The minimum absolute atomic E-state index is 0.268. The maximum absolute atomic E-state index is 7.43. The van der Waals surface area contributed by atoms with Crippen LogP contribution in [-0.4, -0.2) is 9.55 Å². The molecule has 3 nitrogen and oxygen atoms in total. The van der Waals surface area contributed by atoms with Crippen LogP contribution in [0.4, 0.5) is 0 Å². The van der Waals surface area contributed by atoms with E-state index in [1.54, 1.807) is 10.8 Å². The van der Waals surface area contributed by atoms with Gasteiger partial charge in [-0.2, -0.15) is 0 Å². The maximum atomic E-state index is 7.43. The molecule has 2 rings (SSSR count). The number of nitrogens with zero attached hydrogens (tertiary/aromatic N) is 2. The standard InChI is InChI=1S/C11H11N3/c1-14-8-10(7-13-11(14)12)9-5-3-2-4-6-9/h2-8,12H,1H3. The highest BCUT2D eigenvalue weighted by Gasteiger charge is 1.96. The molecule has 0 aliphatic rings. The van der Waals surface area contributed by atoms with Crippen molar-refractivity contribution < 1.29 is 0 Å². The SMILES string of the molecule is Cn1cc(-c2ccccc2)cnc1=N. The molecule has 0 saturated carbocycles. The van der Waals surface area contributed by atoms with Crippen molar-refractivity contribution in [3.63, 3.8) is 0 Å². The van der Waals surface area contributed by atoms with E-state index >= 15 is 0 Å². The van der Waals surface area contributed by atoms with E-state index in [9.17, 15) is 0 Å². The number of aromatic nitrogens is 2. The molecule has 0 aliphatic heterocycles. The zero-order chi connectivity index (χ0) is 9.97. The van der Waals surface area contributed by atoms with Gasteiger partial charge in [0.2, 0.25) is 5.62 Å². The molecule has 14 heavy (non-hydrogen) atoms. The summed E-state index contributed by atoms with van der Waals surface area (Å²) in [6.45, 7) is 0. The Morgan fingerprint density at radius 1 is 1.14 bits per heavy atom. The van der Waals surface area contributed by atoms with Crippen LogP contribution in [0.2, 0.25) is 0 Å². The molecule has 0 spiro atoms. The molecule has 1 aromatic heterocycles. The fourth-order valence-corrected chi connectivity index (χ4v) is 1.30. The van der Waals surface area contributed by atoms with Crippen molar-refractivity contribution in [3.8, 4) is 11.1 Å². The van der Waals surface area contributed by atoms with E-state index in [1.807, 2.05) is 43.6 Å². The number of hydrogen-bond donors (Lipinski definition) is 1. The van der Waals surface area contributed by atoms with Crippen molar-refractivity contribution in [2.45, 2.75) is 0 Å². The van der Waals surface area contributed by atoms with E-state index < -0.39 is 0 Å². The van der Waals surface area contributed by atoms with E-state index in [2.05, 4.69) is 4.98 Å². The van der Waals surface area contributed by atoms with Gasteiger partial charge in [-0.05, 0) is 5.56 Å². The molecule has 1 heterocycles. The number of rotatable bonds is 1. The van der Waals surface area contributed by atoms with Crippen molar-refractivity contribution in [1.82, 2.24) is 9.55 Å². The molecule has 3 heteroatoms. The van der Waals surface area contributed by atoms with Crippen LogP contribution < -0.4 is 5.62 Å². The first kappa shape index (κ1) is 8.69. The quantitative estimate of drug-likeness (QED) is 0.719. The van der Waals surface area contributed by atoms with E-state index in [1.165, 1.54) is 0 Å². The summed E-state index contributed by atoms with van der Waals surface area (Å²) < 4.78 is 1.70. The predicted octanol–water partition coefficient (Wildman–Crippen LogP) is 1.57. The Hall–Kier alpha value is -1.90. The third-order valence-electron chi connectivity index (χ3n) is 2.10. The van der Waals surface area contributed by atoms with Crippen LogP contribution in [0.5, 0.6) is 0 Å². The van der Waals surface area contributed by atoms with Crippen LogP contribution in [0.3, 0.4) is 0 Å². The topological polar surface area (TPSA) is 41.7 Å². The first-order valence-corrected chi connectivity index (χ1v) is 4.40. The largest absolute Gasteiger partial charge is 0.320 e. The lowest BCUT2D eigenvalue weighted by atomic mass is 10.1. The molecule has 0 aliphatic carbocycles. The average Bonchev–Trinajstić information content (AvgIpc) is 2.23. The van der Waals surface area contributed by atoms with Gasteiger partial charge >= 0.3 is 0 Å². The minimum Gasteiger partial charge on any atom is -0.320 e. The third-order valence-corrected chi connectivity index (χ3v) is 2.10. The third kappa shape index (κ3) is 1.57. The molecule has 2 aromatic rings. The molecule has 0 saturated heterocycles. The molecule has 0 unspecified atom stereocenters. The second kappa shape index (κ2) is 3.46. The highest BCUT2D eigenvalue weighted by Crippen LogP contribution is 2.15. The van der Waals surface area contributed by atoms with Crippen LogP contribution in [0, 0.1) is 5.41 Å². The van der Waals surface area contributed by atoms with E-state index in [0.29, 0.717) is 0 Å². The van der Waals surface area contributed by atoms with Gasteiger partial charge in [0.15, 0.2) is 0 Å². The Labute approximate surface area is 82.2 Å². The Morgan fingerprint density at radius 2 is 1.86 bits per heavy atom. The van der Waals surface area contributed by atoms with Gasteiger partial charge in [-0.25, -0.2) is 4.98 Å². The van der Waals surface area contributed by atoms with E-state index in [-0.39, 0.29) is 5.62 Å². The fraction of sp³-hybridized carbons (Fsp3) is 0.0909. The Morgan fingerprint density at radius 3 is 2.50 bits per heavy atom. The van der Waals surface area contributed by atoms with Crippen molar-refractivity contribution in [3.05, 3.63) is 48.3 Å². The number of aryl methyl sites for hydroxylation is 1. The normalized spacial score (nSPS) is 10.1. The maximum Gasteiger partial charge on any atom is 0.221 e. The zero-order valence-electron chi connectivity index (χ0n) is 7.94. The predicted molar refractivity (Wildman–Crippen MR) is 54.5 cm³/mol. The molecule has 70 valence electrons. The fourth-order valence-electron chi connectivity index (χ4n) is 1.30.